The van der Waals surface area contributed by atoms with Crippen molar-refractivity contribution in [3.63, 3.8) is 0 Å². The van der Waals surface area contributed by atoms with Crippen LogP contribution in [0.25, 0.3) is 0 Å². The summed E-state index contributed by atoms with van der Waals surface area (Å²) in [5.74, 6) is 1.65. The first-order chi connectivity index (χ1) is 8.17. The Balaban J connectivity index is 2.72. The summed E-state index contributed by atoms with van der Waals surface area (Å²) in [7, 11) is 0. The third-order valence-corrected chi connectivity index (χ3v) is 2.75. The molecule has 1 atom stereocenters. The fourth-order valence-corrected chi connectivity index (χ4v) is 2.02. The normalized spacial score (nSPS) is 12.8. The summed E-state index contributed by atoms with van der Waals surface area (Å²) in [5.41, 5.74) is 1.35. The van der Waals surface area contributed by atoms with Crippen LogP contribution < -0.4 is 10.1 Å². The maximum Gasteiger partial charge on any atom is 0.119 e. The summed E-state index contributed by atoms with van der Waals surface area (Å²) in [6.07, 6.45) is 1.17. The molecule has 0 amide bonds. The van der Waals surface area contributed by atoms with E-state index in [0.717, 1.165) is 18.9 Å². The van der Waals surface area contributed by atoms with Crippen LogP contribution in [-0.4, -0.2) is 13.2 Å². The number of hydrogen-bond donors (Lipinski definition) is 1. The van der Waals surface area contributed by atoms with E-state index >= 15 is 0 Å². The van der Waals surface area contributed by atoms with Gasteiger partial charge in [0.05, 0.1) is 6.61 Å². The highest BCUT2D eigenvalue weighted by atomic mass is 16.5. The van der Waals surface area contributed by atoms with Crippen molar-refractivity contribution in [2.45, 2.75) is 40.2 Å². The summed E-state index contributed by atoms with van der Waals surface area (Å²) in [6.45, 7) is 10.4. The molecule has 0 saturated carbocycles. The monoisotopic (exact) mass is 235 g/mol. The van der Waals surface area contributed by atoms with E-state index in [4.69, 9.17) is 4.74 Å². The zero-order valence-corrected chi connectivity index (χ0v) is 11.5. The Morgan fingerprint density at radius 2 is 1.76 bits per heavy atom. The highest BCUT2D eigenvalue weighted by Gasteiger charge is 2.11. The zero-order valence-electron chi connectivity index (χ0n) is 11.5. The number of nitrogens with one attached hydrogen (secondary N) is 1. The van der Waals surface area contributed by atoms with Crippen LogP contribution in [0.4, 0.5) is 0 Å². The Hall–Kier alpha value is -1.02. The van der Waals surface area contributed by atoms with E-state index in [-0.39, 0.29) is 0 Å². The van der Waals surface area contributed by atoms with Crippen molar-refractivity contribution in [3.8, 4) is 5.75 Å². The van der Waals surface area contributed by atoms with Gasteiger partial charge in [0.1, 0.15) is 5.75 Å². The van der Waals surface area contributed by atoms with E-state index in [1.54, 1.807) is 0 Å². The molecular weight excluding hydrogens is 210 g/mol. The molecule has 0 bridgehead atoms. The van der Waals surface area contributed by atoms with Crippen LogP contribution in [0, 0.1) is 5.92 Å². The fourth-order valence-electron chi connectivity index (χ4n) is 2.02. The standard InChI is InChI=1S/C15H25NO/c1-5-16-15(11-12(3)4)13-7-9-14(10-8-13)17-6-2/h7-10,12,15-16H,5-6,11H2,1-4H3. The predicted molar refractivity (Wildman–Crippen MR) is 73.5 cm³/mol. The minimum Gasteiger partial charge on any atom is -0.494 e. The highest BCUT2D eigenvalue weighted by Crippen LogP contribution is 2.23. The van der Waals surface area contributed by atoms with Crippen LogP contribution in [0.2, 0.25) is 0 Å². The molecule has 0 aliphatic heterocycles. The van der Waals surface area contributed by atoms with Crippen molar-refractivity contribution in [2.24, 2.45) is 5.92 Å². The molecule has 2 nitrogen and oxygen atoms in total. The van der Waals surface area contributed by atoms with Gasteiger partial charge in [0, 0.05) is 6.04 Å². The van der Waals surface area contributed by atoms with Gasteiger partial charge in [0.2, 0.25) is 0 Å². The van der Waals surface area contributed by atoms with Crippen molar-refractivity contribution < 1.29 is 4.74 Å². The molecule has 0 spiro atoms. The molecule has 17 heavy (non-hydrogen) atoms. The van der Waals surface area contributed by atoms with E-state index in [1.165, 1.54) is 12.0 Å². The van der Waals surface area contributed by atoms with E-state index in [9.17, 15) is 0 Å². The molecule has 0 heterocycles. The maximum absolute atomic E-state index is 5.46. The lowest BCUT2D eigenvalue weighted by Crippen LogP contribution is -2.22. The minimum atomic E-state index is 0.454. The van der Waals surface area contributed by atoms with Gasteiger partial charge in [-0.1, -0.05) is 32.9 Å². The van der Waals surface area contributed by atoms with E-state index in [0.29, 0.717) is 12.0 Å². The van der Waals surface area contributed by atoms with Crippen LogP contribution in [0.15, 0.2) is 24.3 Å². The van der Waals surface area contributed by atoms with Crippen molar-refractivity contribution in [1.29, 1.82) is 0 Å². The second kappa shape index (κ2) is 7.33. The lowest BCUT2D eigenvalue weighted by Gasteiger charge is -2.20. The molecule has 0 aliphatic carbocycles. The second-order valence-electron chi connectivity index (χ2n) is 4.74. The molecule has 0 aliphatic rings. The van der Waals surface area contributed by atoms with E-state index in [1.807, 2.05) is 6.92 Å². The van der Waals surface area contributed by atoms with E-state index < -0.39 is 0 Å². The van der Waals surface area contributed by atoms with Crippen LogP contribution >= 0.6 is 0 Å². The molecule has 2 heteroatoms. The number of ether oxygens (including phenoxy) is 1. The lowest BCUT2D eigenvalue weighted by molar-refractivity contribution is 0.340. The number of rotatable bonds is 7. The number of benzene rings is 1. The predicted octanol–water partition coefficient (Wildman–Crippen LogP) is 3.78. The quantitative estimate of drug-likeness (QED) is 0.776. The fraction of sp³-hybridized carbons (Fsp3) is 0.600. The van der Waals surface area contributed by atoms with Gasteiger partial charge in [0.15, 0.2) is 0 Å². The second-order valence-corrected chi connectivity index (χ2v) is 4.74. The molecule has 0 radical (unpaired) electrons. The summed E-state index contributed by atoms with van der Waals surface area (Å²) in [4.78, 5) is 0. The molecular formula is C15H25NO. The molecule has 0 fully saturated rings. The first kappa shape index (κ1) is 14.0. The van der Waals surface area contributed by atoms with Crippen molar-refractivity contribution in [3.05, 3.63) is 29.8 Å². The third-order valence-electron chi connectivity index (χ3n) is 2.75. The summed E-state index contributed by atoms with van der Waals surface area (Å²) in [5, 5.41) is 3.54. The average Bonchev–Trinajstić information content (AvgIpc) is 2.29. The van der Waals surface area contributed by atoms with Crippen LogP contribution in [-0.2, 0) is 0 Å². The number of hydrogen-bond acceptors (Lipinski definition) is 2. The van der Waals surface area contributed by atoms with Crippen molar-refractivity contribution in [1.82, 2.24) is 5.32 Å². The topological polar surface area (TPSA) is 21.3 Å². The lowest BCUT2D eigenvalue weighted by atomic mass is 9.97. The zero-order chi connectivity index (χ0) is 12.7. The molecule has 1 aromatic rings. The molecule has 1 unspecified atom stereocenters. The van der Waals surface area contributed by atoms with Gasteiger partial charge in [0.25, 0.3) is 0 Å². The Labute approximate surface area is 105 Å². The summed E-state index contributed by atoms with van der Waals surface area (Å²) < 4.78 is 5.46. The molecule has 96 valence electrons. The largest absolute Gasteiger partial charge is 0.494 e. The van der Waals surface area contributed by atoms with Gasteiger partial charge in [-0.15, -0.1) is 0 Å². The molecule has 0 saturated heterocycles. The minimum absolute atomic E-state index is 0.454. The molecule has 1 aromatic carbocycles. The van der Waals surface area contributed by atoms with Crippen molar-refractivity contribution in [2.75, 3.05) is 13.2 Å². The van der Waals surface area contributed by atoms with Gasteiger partial charge >= 0.3 is 0 Å². The van der Waals surface area contributed by atoms with Crippen LogP contribution in [0.3, 0.4) is 0 Å². The van der Waals surface area contributed by atoms with Crippen LogP contribution in [0.1, 0.15) is 45.7 Å². The van der Waals surface area contributed by atoms with Gasteiger partial charge in [-0.05, 0) is 43.5 Å². The van der Waals surface area contributed by atoms with Gasteiger partial charge in [-0.2, -0.15) is 0 Å². The Morgan fingerprint density at radius 1 is 1.12 bits per heavy atom. The Bertz CT molecular complexity index is 305. The molecule has 1 N–H and O–H groups in total. The summed E-state index contributed by atoms with van der Waals surface area (Å²) >= 11 is 0. The summed E-state index contributed by atoms with van der Waals surface area (Å²) in [6, 6.07) is 8.91. The Morgan fingerprint density at radius 3 is 2.24 bits per heavy atom. The average molecular weight is 235 g/mol. The maximum atomic E-state index is 5.46. The molecule has 1 rings (SSSR count). The first-order valence-electron chi connectivity index (χ1n) is 6.63. The highest BCUT2D eigenvalue weighted by molar-refractivity contribution is 5.29. The SMILES string of the molecule is CCNC(CC(C)C)c1ccc(OCC)cc1. The first-order valence-corrected chi connectivity index (χ1v) is 6.63. The van der Waals surface area contributed by atoms with Crippen molar-refractivity contribution >= 4 is 0 Å². The van der Waals surface area contributed by atoms with Gasteiger partial charge < -0.3 is 10.1 Å². The van der Waals surface area contributed by atoms with Gasteiger partial charge in [-0.3, -0.25) is 0 Å². The smallest absolute Gasteiger partial charge is 0.119 e. The van der Waals surface area contributed by atoms with E-state index in [2.05, 4.69) is 50.4 Å². The third kappa shape index (κ3) is 4.78. The molecule has 0 aromatic heterocycles. The van der Waals surface area contributed by atoms with Crippen LogP contribution in [0.5, 0.6) is 5.75 Å². The van der Waals surface area contributed by atoms with Gasteiger partial charge in [-0.25, -0.2) is 0 Å². The Kier molecular flexibility index (Phi) is 6.06.